The summed E-state index contributed by atoms with van der Waals surface area (Å²) in [5.41, 5.74) is 7.16. The van der Waals surface area contributed by atoms with Crippen LogP contribution < -0.4 is 5.73 Å². The molecule has 0 bridgehead atoms. The Bertz CT molecular complexity index is 439. The molecule has 2 N–H and O–H groups in total. The van der Waals surface area contributed by atoms with Gasteiger partial charge in [0.05, 0.1) is 28.8 Å². The average Bonchev–Trinajstić information content (AvgIpc) is 2.41. The zero-order chi connectivity index (χ0) is 14.0. The van der Waals surface area contributed by atoms with Crippen molar-refractivity contribution in [2.75, 3.05) is 19.7 Å². The third kappa shape index (κ3) is 3.41. The predicted molar refractivity (Wildman–Crippen MR) is 79.8 cm³/mol. The summed E-state index contributed by atoms with van der Waals surface area (Å²) in [4.78, 5) is 2.37. The van der Waals surface area contributed by atoms with Gasteiger partial charge in [-0.2, -0.15) is 0 Å². The molecular weight excluding hydrogens is 283 g/mol. The van der Waals surface area contributed by atoms with E-state index >= 15 is 0 Å². The number of morpholine rings is 1. The summed E-state index contributed by atoms with van der Waals surface area (Å²) in [6.07, 6.45) is -0.0490. The summed E-state index contributed by atoms with van der Waals surface area (Å²) in [7, 11) is 0. The molecule has 106 valence electrons. The van der Waals surface area contributed by atoms with Gasteiger partial charge in [0.1, 0.15) is 0 Å². The highest BCUT2D eigenvalue weighted by Gasteiger charge is 2.29. The molecule has 0 spiro atoms. The second kappa shape index (κ2) is 6.42. The van der Waals surface area contributed by atoms with Gasteiger partial charge >= 0.3 is 0 Å². The zero-order valence-corrected chi connectivity index (χ0v) is 12.8. The lowest BCUT2D eigenvalue weighted by Crippen LogP contribution is -2.49. The highest BCUT2D eigenvalue weighted by molar-refractivity contribution is 6.42. The highest BCUT2D eigenvalue weighted by Crippen LogP contribution is 2.31. The molecule has 1 aliphatic rings. The molecule has 0 aromatic heterocycles. The van der Waals surface area contributed by atoms with Crippen LogP contribution in [0.2, 0.25) is 10.0 Å². The van der Waals surface area contributed by atoms with E-state index in [2.05, 4.69) is 18.7 Å². The number of halogens is 2. The van der Waals surface area contributed by atoms with Gasteiger partial charge in [-0.05, 0) is 25.5 Å². The molecule has 0 radical (unpaired) electrons. The third-order valence-electron chi connectivity index (χ3n) is 3.60. The summed E-state index contributed by atoms with van der Waals surface area (Å²) in [6, 6.07) is 5.78. The first-order valence-electron chi connectivity index (χ1n) is 6.56. The fourth-order valence-electron chi connectivity index (χ4n) is 2.36. The molecule has 3 nitrogen and oxygen atoms in total. The molecule has 2 atom stereocenters. The Labute approximate surface area is 124 Å². The van der Waals surface area contributed by atoms with Crippen LogP contribution in [0.5, 0.6) is 0 Å². The Morgan fingerprint density at radius 3 is 2.79 bits per heavy atom. The summed E-state index contributed by atoms with van der Waals surface area (Å²) >= 11 is 12.3. The van der Waals surface area contributed by atoms with Gasteiger partial charge in [0.25, 0.3) is 0 Å². The smallest absolute Gasteiger partial charge is 0.0895 e. The van der Waals surface area contributed by atoms with Gasteiger partial charge in [-0.3, -0.25) is 4.90 Å². The molecule has 1 aromatic rings. The summed E-state index contributed by atoms with van der Waals surface area (Å²) in [5.74, 6) is 0. The maximum Gasteiger partial charge on any atom is 0.0895 e. The largest absolute Gasteiger partial charge is 0.374 e. The molecule has 2 rings (SSSR count). The van der Waals surface area contributed by atoms with Crippen LogP contribution in [-0.2, 0) is 4.74 Å². The van der Waals surface area contributed by atoms with E-state index in [-0.39, 0.29) is 12.1 Å². The molecule has 19 heavy (non-hydrogen) atoms. The van der Waals surface area contributed by atoms with Gasteiger partial charge in [-0.15, -0.1) is 0 Å². The lowest BCUT2D eigenvalue weighted by molar-refractivity contribution is -0.0502. The lowest BCUT2D eigenvalue weighted by Gasteiger charge is -2.38. The van der Waals surface area contributed by atoms with E-state index in [0.717, 1.165) is 18.7 Å². The van der Waals surface area contributed by atoms with Crippen molar-refractivity contribution in [2.24, 2.45) is 5.73 Å². The number of hydrogen-bond donors (Lipinski definition) is 1. The van der Waals surface area contributed by atoms with Crippen LogP contribution in [0.3, 0.4) is 0 Å². The van der Waals surface area contributed by atoms with E-state index in [9.17, 15) is 0 Å². The van der Waals surface area contributed by atoms with Crippen molar-refractivity contribution in [2.45, 2.75) is 32.0 Å². The number of nitrogens with zero attached hydrogens (tertiary/aromatic N) is 1. The van der Waals surface area contributed by atoms with Crippen LogP contribution in [0.25, 0.3) is 0 Å². The highest BCUT2D eigenvalue weighted by atomic mass is 35.5. The van der Waals surface area contributed by atoms with Crippen molar-refractivity contribution >= 4 is 23.2 Å². The van der Waals surface area contributed by atoms with Gasteiger partial charge in [0.15, 0.2) is 0 Å². The van der Waals surface area contributed by atoms with Crippen molar-refractivity contribution < 1.29 is 4.74 Å². The molecule has 2 unspecified atom stereocenters. The van der Waals surface area contributed by atoms with E-state index < -0.39 is 0 Å². The summed E-state index contributed by atoms with van der Waals surface area (Å²) < 4.78 is 5.80. The van der Waals surface area contributed by atoms with Crippen molar-refractivity contribution in [3.8, 4) is 0 Å². The van der Waals surface area contributed by atoms with Gasteiger partial charge in [0, 0.05) is 19.1 Å². The van der Waals surface area contributed by atoms with Gasteiger partial charge in [-0.1, -0.05) is 35.3 Å². The van der Waals surface area contributed by atoms with Crippen LogP contribution in [0.4, 0.5) is 0 Å². The maximum absolute atomic E-state index is 6.31. The molecule has 1 fully saturated rings. The van der Waals surface area contributed by atoms with Crippen LogP contribution in [0.15, 0.2) is 18.2 Å². The standard InChI is InChI=1S/C14H20Cl2N2O/c1-9(2)18-6-7-19-12(8-18)14(17)10-4-3-5-11(15)13(10)16/h3-5,9,12,14H,6-8,17H2,1-2H3. The van der Waals surface area contributed by atoms with E-state index in [1.54, 1.807) is 6.07 Å². The Morgan fingerprint density at radius 2 is 2.11 bits per heavy atom. The number of hydrogen-bond acceptors (Lipinski definition) is 3. The number of benzene rings is 1. The normalized spacial score (nSPS) is 22.7. The minimum absolute atomic E-state index is 0.0490. The second-order valence-corrected chi connectivity index (χ2v) is 5.95. The Hall–Kier alpha value is -0.320. The van der Waals surface area contributed by atoms with Gasteiger partial charge < -0.3 is 10.5 Å². The van der Waals surface area contributed by atoms with Crippen molar-refractivity contribution in [1.82, 2.24) is 4.90 Å². The molecule has 0 aliphatic carbocycles. The first-order chi connectivity index (χ1) is 9.00. The van der Waals surface area contributed by atoms with Crippen LogP contribution in [0.1, 0.15) is 25.5 Å². The third-order valence-corrected chi connectivity index (χ3v) is 4.43. The molecular formula is C14H20Cl2N2O. The number of nitrogens with two attached hydrogens (primary N) is 1. The topological polar surface area (TPSA) is 38.5 Å². The Morgan fingerprint density at radius 1 is 1.37 bits per heavy atom. The van der Waals surface area contributed by atoms with Crippen molar-refractivity contribution in [3.05, 3.63) is 33.8 Å². The van der Waals surface area contributed by atoms with E-state index in [4.69, 9.17) is 33.7 Å². The van der Waals surface area contributed by atoms with Gasteiger partial charge in [-0.25, -0.2) is 0 Å². The zero-order valence-electron chi connectivity index (χ0n) is 11.3. The van der Waals surface area contributed by atoms with Crippen LogP contribution in [0, 0.1) is 0 Å². The molecule has 5 heteroatoms. The van der Waals surface area contributed by atoms with E-state index in [1.165, 1.54) is 0 Å². The quantitative estimate of drug-likeness (QED) is 0.932. The molecule has 1 saturated heterocycles. The fourth-order valence-corrected chi connectivity index (χ4v) is 2.79. The van der Waals surface area contributed by atoms with Crippen LogP contribution in [-0.4, -0.2) is 36.7 Å². The molecule has 0 amide bonds. The minimum atomic E-state index is -0.257. The summed E-state index contributed by atoms with van der Waals surface area (Å²) in [5, 5.41) is 1.06. The van der Waals surface area contributed by atoms with Crippen molar-refractivity contribution in [1.29, 1.82) is 0 Å². The number of rotatable bonds is 3. The Kier molecular flexibility index (Phi) is 5.09. The van der Waals surface area contributed by atoms with Crippen LogP contribution >= 0.6 is 23.2 Å². The minimum Gasteiger partial charge on any atom is -0.374 e. The predicted octanol–water partition coefficient (Wildman–Crippen LogP) is 3.10. The van der Waals surface area contributed by atoms with E-state index in [1.807, 2.05) is 12.1 Å². The summed E-state index contributed by atoms with van der Waals surface area (Å²) in [6.45, 7) is 6.83. The lowest BCUT2D eigenvalue weighted by atomic mass is 10.0. The monoisotopic (exact) mass is 302 g/mol. The molecule has 1 aliphatic heterocycles. The molecule has 0 saturated carbocycles. The molecule has 1 aromatic carbocycles. The molecule has 1 heterocycles. The number of ether oxygens (including phenoxy) is 1. The Balaban J connectivity index is 2.14. The first-order valence-corrected chi connectivity index (χ1v) is 7.31. The maximum atomic E-state index is 6.31. The SMILES string of the molecule is CC(C)N1CCOC(C(N)c2cccc(Cl)c2Cl)C1. The van der Waals surface area contributed by atoms with Gasteiger partial charge in [0.2, 0.25) is 0 Å². The second-order valence-electron chi connectivity index (χ2n) is 5.17. The fraction of sp³-hybridized carbons (Fsp3) is 0.571. The average molecular weight is 303 g/mol. The first kappa shape index (κ1) is 15.1. The van der Waals surface area contributed by atoms with Crippen molar-refractivity contribution in [3.63, 3.8) is 0 Å². The van der Waals surface area contributed by atoms with E-state index in [0.29, 0.717) is 22.7 Å².